The number of benzene rings is 3. The molecule has 168 valence electrons. The van der Waals surface area contributed by atoms with E-state index in [1.54, 1.807) is 6.07 Å². The Kier molecular flexibility index (Phi) is 7.79. The molecule has 3 aromatic carbocycles. The Morgan fingerprint density at radius 2 is 1.61 bits per heavy atom. The fraction of sp³-hybridized carbons (Fsp3) is 0.312. The molecule has 4 rings (SSSR count). The number of fused-ring (bicyclic) bond motifs is 1. The van der Waals surface area contributed by atoms with Gasteiger partial charge in [-0.15, -0.1) is 13.2 Å². The zero-order valence-corrected chi connectivity index (χ0v) is 19.5. The second kappa shape index (κ2) is 11.2. The topological polar surface area (TPSA) is 0 Å². The van der Waals surface area contributed by atoms with Crippen molar-refractivity contribution in [2.45, 2.75) is 51.4 Å². The van der Waals surface area contributed by atoms with E-state index in [0.717, 1.165) is 42.0 Å². The molecule has 1 aliphatic rings. The molecule has 0 aromatic heterocycles. The Morgan fingerprint density at radius 3 is 2.33 bits per heavy atom. The summed E-state index contributed by atoms with van der Waals surface area (Å²) in [5, 5.41) is 1.54. The summed E-state index contributed by atoms with van der Waals surface area (Å²) in [6.45, 7) is 7.71. The van der Waals surface area contributed by atoms with E-state index < -0.39 is 0 Å². The molecule has 1 heteroatoms. The molecule has 0 spiro atoms. The molecular weight excluding hydrogens is 403 g/mol. The van der Waals surface area contributed by atoms with E-state index in [9.17, 15) is 0 Å². The van der Waals surface area contributed by atoms with Crippen molar-refractivity contribution in [3.8, 4) is 11.8 Å². The maximum atomic E-state index is 15.0. The van der Waals surface area contributed by atoms with E-state index in [1.807, 2.05) is 24.3 Å². The predicted molar refractivity (Wildman–Crippen MR) is 139 cm³/mol. The molecule has 0 aliphatic heterocycles. The van der Waals surface area contributed by atoms with Gasteiger partial charge in [0.05, 0.1) is 5.56 Å². The third-order valence-electron chi connectivity index (χ3n) is 7.02. The first-order valence-corrected chi connectivity index (χ1v) is 12.2. The maximum absolute atomic E-state index is 15.0. The second-order valence-corrected chi connectivity index (χ2v) is 9.31. The van der Waals surface area contributed by atoms with Gasteiger partial charge in [0.15, 0.2) is 0 Å². The SMILES string of the molecule is C=CCCc1ccc2c(F)c(C#Cc3ccc(CCC4CCC(C=C)CC4)cc3)ccc2c1. The number of allylic oxidation sites excluding steroid dienone is 2. The molecule has 1 aliphatic carbocycles. The van der Waals surface area contributed by atoms with Gasteiger partial charge in [-0.2, -0.15) is 0 Å². The smallest absolute Gasteiger partial charge is 0.146 e. The summed E-state index contributed by atoms with van der Waals surface area (Å²) in [6, 6.07) is 18.1. The van der Waals surface area contributed by atoms with Crippen LogP contribution in [0.5, 0.6) is 0 Å². The molecule has 0 bridgehead atoms. The summed E-state index contributed by atoms with van der Waals surface area (Å²) in [4.78, 5) is 0. The number of aryl methyl sites for hydroxylation is 2. The van der Waals surface area contributed by atoms with E-state index in [1.165, 1.54) is 43.2 Å². The van der Waals surface area contributed by atoms with Crippen molar-refractivity contribution in [2.24, 2.45) is 11.8 Å². The number of hydrogen-bond acceptors (Lipinski definition) is 0. The predicted octanol–water partition coefficient (Wildman–Crippen LogP) is 8.42. The van der Waals surface area contributed by atoms with Crippen molar-refractivity contribution < 1.29 is 4.39 Å². The first kappa shape index (κ1) is 23.1. The van der Waals surface area contributed by atoms with Crippen molar-refractivity contribution in [3.63, 3.8) is 0 Å². The lowest BCUT2D eigenvalue weighted by Gasteiger charge is -2.26. The van der Waals surface area contributed by atoms with Crippen LogP contribution >= 0.6 is 0 Å². The van der Waals surface area contributed by atoms with Crippen molar-refractivity contribution in [3.05, 3.63) is 108 Å². The summed E-state index contributed by atoms with van der Waals surface area (Å²) >= 11 is 0. The highest BCUT2D eigenvalue weighted by molar-refractivity contribution is 5.85. The maximum Gasteiger partial charge on any atom is 0.146 e. The van der Waals surface area contributed by atoms with Gasteiger partial charge in [0.25, 0.3) is 0 Å². The first-order valence-electron chi connectivity index (χ1n) is 12.2. The molecule has 0 heterocycles. The standard InChI is InChI=1S/C32H33F/c1-3-5-6-28-18-22-31-30(23-28)21-20-29(32(31)33)19-17-27-15-13-26(14-16-27)12-11-25-9-7-24(4-2)8-10-25/h3-4,13-16,18,20-25H,1-2,5-12H2. The van der Waals surface area contributed by atoms with Crippen LogP contribution in [0.25, 0.3) is 10.8 Å². The van der Waals surface area contributed by atoms with Crippen molar-refractivity contribution in [1.29, 1.82) is 0 Å². The second-order valence-electron chi connectivity index (χ2n) is 9.31. The van der Waals surface area contributed by atoms with Crippen LogP contribution in [0.15, 0.2) is 79.9 Å². The largest absolute Gasteiger partial charge is 0.205 e. The monoisotopic (exact) mass is 436 g/mol. The lowest BCUT2D eigenvalue weighted by molar-refractivity contribution is 0.296. The third-order valence-corrected chi connectivity index (χ3v) is 7.02. The van der Waals surface area contributed by atoms with Gasteiger partial charge in [-0.3, -0.25) is 0 Å². The van der Waals surface area contributed by atoms with E-state index in [0.29, 0.717) is 10.9 Å². The molecular formula is C32H33F. The summed E-state index contributed by atoms with van der Waals surface area (Å²) < 4.78 is 15.0. The molecule has 1 fully saturated rings. The van der Waals surface area contributed by atoms with Crippen LogP contribution in [0.1, 0.15) is 60.8 Å². The minimum atomic E-state index is -0.238. The van der Waals surface area contributed by atoms with E-state index in [4.69, 9.17) is 0 Å². The molecule has 0 radical (unpaired) electrons. The van der Waals surface area contributed by atoms with Crippen LogP contribution in [0.4, 0.5) is 4.39 Å². The van der Waals surface area contributed by atoms with Gasteiger partial charge in [-0.25, -0.2) is 4.39 Å². The fourth-order valence-electron chi connectivity index (χ4n) is 4.84. The number of rotatable bonds is 7. The number of halogens is 1. The average Bonchev–Trinajstić information content (AvgIpc) is 2.86. The van der Waals surface area contributed by atoms with E-state index in [-0.39, 0.29) is 5.82 Å². The van der Waals surface area contributed by atoms with Crippen LogP contribution in [-0.2, 0) is 12.8 Å². The summed E-state index contributed by atoms with van der Waals surface area (Å²) in [7, 11) is 0. The zero-order valence-electron chi connectivity index (χ0n) is 19.5. The molecule has 0 unspecified atom stereocenters. The number of hydrogen-bond donors (Lipinski definition) is 0. The minimum Gasteiger partial charge on any atom is -0.205 e. The molecule has 33 heavy (non-hydrogen) atoms. The Morgan fingerprint density at radius 1 is 0.848 bits per heavy atom. The first-order chi connectivity index (χ1) is 16.2. The molecule has 0 atom stereocenters. The van der Waals surface area contributed by atoms with Gasteiger partial charge < -0.3 is 0 Å². The normalized spacial score (nSPS) is 17.8. The van der Waals surface area contributed by atoms with Gasteiger partial charge in [-0.05, 0) is 97.9 Å². The summed E-state index contributed by atoms with van der Waals surface area (Å²) in [5.74, 6) is 7.51. The summed E-state index contributed by atoms with van der Waals surface area (Å²) in [6.07, 6.45) is 13.5. The molecule has 0 nitrogen and oxygen atoms in total. The molecule has 0 amide bonds. The summed E-state index contributed by atoms with van der Waals surface area (Å²) in [5.41, 5.74) is 3.92. The third kappa shape index (κ3) is 6.02. The lowest BCUT2D eigenvalue weighted by atomic mass is 9.79. The van der Waals surface area contributed by atoms with Crippen LogP contribution in [0, 0.1) is 29.5 Å². The zero-order chi connectivity index (χ0) is 23.0. The van der Waals surface area contributed by atoms with Crippen molar-refractivity contribution in [2.75, 3.05) is 0 Å². The Hall–Kier alpha value is -3.11. The van der Waals surface area contributed by atoms with Crippen LogP contribution in [0.2, 0.25) is 0 Å². The van der Waals surface area contributed by atoms with Crippen molar-refractivity contribution >= 4 is 10.8 Å². The van der Waals surface area contributed by atoms with Gasteiger partial charge >= 0.3 is 0 Å². The Bertz CT molecular complexity index is 1160. The van der Waals surface area contributed by atoms with Gasteiger partial charge in [0.1, 0.15) is 5.82 Å². The highest BCUT2D eigenvalue weighted by Gasteiger charge is 2.18. The lowest BCUT2D eigenvalue weighted by Crippen LogP contribution is -2.13. The average molecular weight is 437 g/mol. The Labute approximate surface area is 198 Å². The minimum absolute atomic E-state index is 0.238. The molecule has 0 saturated heterocycles. The van der Waals surface area contributed by atoms with Gasteiger partial charge in [-0.1, -0.05) is 60.4 Å². The molecule has 1 saturated carbocycles. The fourth-order valence-corrected chi connectivity index (χ4v) is 4.84. The van der Waals surface area contributed by atoms with Crippen molar-refractivity contribution in [1.82, 2.24) is 0 Å². The van der Waals surface area contributed by atoms with Gasteiger partial charge in [0, 0.05) is 10.9 Å². The quantitative estimate of drug-likeness (QED) is 0.257. The van der Waals surface area contributed by atoms with E-state index in [2.05, 4.69) is 61.4 Å². The van der Waals surface area contributed by atoms with Crippen LogP contribution in [-0.4, -0.2) is 0 Å². The van der Waals surface area contributed by atoms with E-state index >= 15 is 4.39 Å². The molecule has 3 aromatic rings. The van der Waals surface area contributed by atoms with Crippen LogP contribution < -0.4 is 0 Å². The Balaban J connectivity index is 1.39. The molecule has 0 N–H and O–H groups in total. The van der Waals surface area contributed by atoms with Gasteiger partial charge in [0.2, 0.25) is 0 Å². The highest BCUT2D eigenvalue weighted by Crippen LogP contribution is 2.32. The van der Waals surface area contributed by atoms with Crippen LogP contribution in [0.3, 0.4) is 0 Å². The highest BCUT2D eigenvalue weighted by atomic mass is 19.1.